The molecule has 4 aromatic rings. The van der Waals surface area contributed by atoms with Gasteiger partial charge in [0.15, 0.2) is 11.5 Å². The van der Waals surface area contributed by atoms with Crippen LogP contribution in [0.1, 0.15) is 48.5 Å². The largest absolute Gasteiger partial charge is 0.378 e. The van der Waals surface area contributed by atoms with Crippen molar-refractivity contribution in [1.29, 1.82) is 0 Å². The quantitative estimate of drug-likeness (QED) is 0.352. The van der Waals surface area contributed by atoms with Crippen molar-refractivity contribution in [2.45, 2.75) is 32.6 Å². The van der Waals surface area contributed by atoms with Crippen molar-refractivity contribution < 1.29 is 9.18 Å². The Morgan fingerprint density at radius 1 is 1.19 bits per heavy atom. The van der Waals surface area contributed by atoms with Crippen LogP contribution in [0.15, 0.2) is 48.8 Å². The van der Waals surface area contributed by atoms with E-state index in [1.54, 1.807) is 12.3 Å². The van der Waals surface area contributed by atoms with Gasteiger partial charge in [0.1, 0.15) is 5.82 Å². The van der Waals surface area contributed by atoms with Crippen molar-refractivity contribution in [2.24, 2.45) is 11.7 Å². The molecule has 0 radical (unpaired) electrons. The molecule has 1 saturated carbocycles. The Bertz CT molecular complexity index is 1440. The number of amides is 1. The second-order valence-electron chi connectivity index (χ2n) is 10.1. The minimum atomic E-state index is -0.757. The van der Waals surface area contributed by atoms with E-state index < -0.39 is 11.7 Å². The van der Waals surface area contributed by atoms with Crippen molar-refractivity contribution in [1.82, 2.24) is 14.4 Å². The van der Waals surface area contributed by atoms with Crippen LogP contribution in [0.2, 0.25) is 0 Å². The van der Waals surface area contributed by atoms with Gasteiger partial charge in [-0.3, -0.25) is 9.20 Å². The zero-order chi connectivity index (χ0) is 25.6. The molecule has 0 bridgehead atoms. The number of carbonyl (C=O) groups is 1. The smallest absolute Gasteiger partial charge is 0.251 e. The third-order valence-corrected chi connectivity index (χ3v) is 6.56. The Morgan fingerprint density at radius 2 is 1.92 bits per heavy atom. The maximum atomic E-state index is 15.4. The van der Waals surface area contributed by atoms with Crippen molar-refractivity contribution in [3.63, 3.8) is 0 Å². The van der Waals surface area contributed by atoms with Gasteiger partial charge in [0.05, 0.1) is 23.1 Å². The van der Waals surface area contributed by atoms with Crippen LogP contribution in [0, 0.1) is 11.7 Å². The highest BCUT2D eigenvalue weighted by Crippen LogP contribution is 2.46. The van der Waals surface area contributed by atoms with E-state index >= 15 is 4.39 Å². The number of fused-ring (bicyclic) bond motifs is 1. The van der Waals surface area contributed by atoms with Crippen molar-refractivity contribution in [2.75, 3.05) is 30.9 Å². The number of anilines is 2. The van der Waals surface area contributed by atoms with E-state index in [9.17, 15) is 4.79 Å². The first kappa shape index (κ1) is 23.8. The normalized spacial score (nSPS) is 13.4. The van der Waals surface area contributed by atoms with Crippen LogP contribution in [0.5, 0.6) is 0 Å². The first-order chi connectivity index (χ1) is 17.2. The topological polar surface area (TPSA) is 88.5 Å². The SMILES string of the molecule is CC(C)CNc1nc(-c2ccc(N(C)C)cc2)cn2c(-c3ccc(C(N)=O)c(F)c3C3CC3)cnc12. The molecule has 3 N–H and O–H groups in total. The van der Waals surface area contributed by atoms with Crippen molar-refractivity contribution in [3.8, 4) is 22.5 Å². The van der Waals surface area contributed by atoms with E-state index in [2.05, 4.69) is 36.3 Å². The van der Waals surface area contributed by atoms with Crippen molar-refractivity contribution in [3.05, 3.63) is 65.7 Å². The molecule has 2 heterocycles. The van der Waals surface area contributed by atoms with Gasteiger partial charge in [-0.05, 0) is 42.9 Å². The van der Waals surface area contributed by atoms with Gasteiger partial charge >= 0.3 is 0 Å². The third-order valence-electron chi connectivity index (χ3n) is 6.56. The molecule has 5 rings (SSSR count). The average Bonchev–Trinajstić information content (AvgIpc) is 3.59. The monoisotopic (exact) mass is 486 g/mol. The molecule has 0 saturated heterocycles. The molecule has 0 atom stereocenters. The van der Waals surface area contributed by atoms with Gasteiger partial charge < -0.3 is 16.0 Å². The Balaban J connectivity index is 1.70. The molecule has 7 nitrogen and oxygen atoms in total. The van der Waals surface area contributed by atoms with Crippen LogP contribution in [0.4, 0.5) is 15.9 Å². The third kappa shape index (κ3) is 4.39. The Morgan fingerprint density at radius 3 is 2.53 bits per heavy atom. The summed E-state index contributed by atoms with van der Waals surface area (Å²) in [5.74, 6) is -0.119. The number of carbonyl (C=O) groups excluding carboxylic acids is 1. The molecule has 186 valence electrons. The predicted molar refractivity (Wildman–Crippen MR) is 142 cm³/mol. The minimum absolute atomic E-state index is 0.0721. The van der Waals surface area contributed by atoms with Crippen LogP contribution in [0.3, 0.4) is 0 Å². The van der Waals surface area contributed by atoms with Crippen LogP contribution >= 0.6 is 0 Å². The van der Waals surface area contributed by atoms with Gasteiger partial charge in [-0.1, -0.05) is 32.0 Å². The fourth-order valence-electron chi connectivity index (χ4n) is 4.45. The van der Waals surface area contributed by atoms with Gasteiger partial charge in [0, 0.05) is 49.2 Å². The number of benzene rings is 2. The van der Waals surface area contributed by atoms with Crippen molar-refractivity contribution >= 4 is 23.1 Å². The molecular weight excluding hydrogens is 455 g/mol. The molecule has 0 unspecified atom stereocenters. The summed E-state index contributed by atoms with van der Waals surface area (Å²) in [4.78, 5) is 23.4. The molecule has 36 heavy (non-hydrogen) atoms. The molecule has 0 spiro atoms. The second kappa shape index (κ2) is 9.26. The van der Waals surface area contributed by atoms with E-state index in [0.29, 0.717) is 22.9 Å². The summed E-state index contributed by atoms with van der Waals surface area (Å²) in [6, 6.07) is 11.5. The lowest BCUT2D eigenvalue weighted by molar-refractivity contribution is 0.0996. The van der Waals surface area contributed by atoms with Gasteiger partial charge in [-0.25, -0.2) is 14.4 Å². The summed E-state index contributed by atoms with van der Waals surface area (Å²) in [6.45, 7) is 5.01. The number of hydrogen-bond donors (Lipinski definition) is 2. The van der Waals surface area contributed by atoms with E-state index in [1.807, 2.05) is 41.7 Å². The first-order valence-corrected chi connectivity index (χ1v) is 12.3. The molecule has 2 aromatic carbocycles. The predicted octanol–water partition coefficient (Wildman–Crippen LogP) is 5.31. The Kier molecular flexibility index (Phi) is 6.12. The maximum absolute atomic E-state index is 15.4. The molecule has 1 amide bonds. The summed E-state index contributed by atoms with van der Waals surface area (Å²) < 4.78 is 17.4. The number of hydrogen-bond acceptors (Lipinski definition) is 5. The molecular formula is C28H31FN6O. The lowest BCUT2D eigenvalue weighted by Gasteiger charge is -2.16. The summed E-state index contributed by atoms with van der Waals surface area (Å²) >= 11 is 0. The van der Waals surface area contributed by atoms with E-state index in [4.69, 9.17) is 10.7 Å². The number of aromatic nitrogens is 3. The number of nitrogens with zero attached hydrogens (tertiary/aromatic N) is 4. The van der Waals surface area contributed by atoms with E-state index in [-0.39, 0.29) is 11.5 Å². The number of nitrogens with two attached hydrogens (primary N) is 1. The van der Waals surface area contributed by atoms with Gasteiger partial charge in [0.2, 0.25) is 0 Å². The highest BCUT2D eigenvalue weighted by molar-refractivity contribution is 5.94. The van der Waals surface area contributed by atoms with Gasteiger partial charge in [0.25, 0.3) is 5.91 Å². The molecule has 1 fully saturated rings. The number of imidazole rings is 1. The Hall–Kier alpha value is -3.94. The van der Waals surface area contributed by atoms with Gasteiger partial charge in [-0.2, -0.15) is 0 Å². The summed E-state index contributed by atoms with van der Waals surface area (Å²) in [5, 5.41) is 3.44. The molecule has 2 aromatic heterocycles. The summed E-state index contributed by atoms with van der Waals surface area (Å²) in [5.41, 5.74) is 10.9. The molecule has 8 heteroatoms. The zero-order valence-electron chi connectivity index (χ0n) is 21.0. The maximum Gasteiger partial charge on any atom is 0.251 e. The average molecular weight is 487 g/mol. The van der Waals surface area contributed by atoms with E-state index in [0.717, 1.165) is 47.6 Å². The lowest BCUT2D eigenvalue weighted by atomic mass is 9.96. The second-order valence-corrected chi connectivity index (χ2v) is 10.1. The van der Waals surface area contributed by atoms with E-state index in [1.165, 1.54) is 6.07 Å². The van der Waals surface area contributed by atoms with Crippen LogP contribution in [0.25, 0.3) is 28.2 Å². The first-order valence-electron chi connectivity index (χ1n) is 12.3. The zero-order valence-corrected chi connectivity index (χ0v) is 21.0. The van der Waals surface area contributed by atoms with Crippen LogP contribution in [-0.4, -0.2) is 40.9 Å². The molecule has 1 aliphatic carbocycles. The van der Waals surface area contributed by atoms with Crippen LogP contribution in [-0.2, 0) is 0 Å². The lowest BCUT2D eigenvalue weighted by Crippen LogP contribution is -2.15. The number of halogens is 1. The van der Waals surface area contributed by atoms with Crippen LogP contribution < -0.4 is 16.0 Å². The molecule has 0 aliphatic heterocycles. The highest BCUT2D eigenvalue weighted by Gasteiger charge is 2.32. The Labute approximate surface area is 210 Å². The number of nitrogens with one attached hydrogen (secondary N) is 1. The fourth-order valence-corrected chi connectivity index (χ4v) is 4.45. The number of primary amides is 1. The highest BCUT2D eigenvalue weighted by atomic mass is 19.1. The summed E-state index contributed by atoms with van der Waals surface area (Å²) in [6.07, 6.45) is 5.46. The summed E-state index contributed by atoms with van der Waals surface area (Å²) in [7, 11) is 4.01. The van der Waals surface area contributed by atoms with Gasteiger partial charge in [-0.15, -0.1) is 0 Å². The molecule has 1 aliphatic rings. The number of rotatable bonds is 8. The minimum Gasteiger partial charge on any atom is -0.378 e. The standard InChI is InChI=1S/C28H31FN6O/c1-16(2)13-31-27-28-32-14-23(20-11-12-21(26(30)36)25(29)24(20)18-5-6-18)35(28)15-22(33-27)17-7-9-19(10-8-17)34(3)4/h7-12,14-16,18H,5-6,13H2,1-4H3,(H2,30,36)(H,31,33). The fraction of sp³-hybridized carbons (Fsp3) is 0.321.